The van der Waals surface area contributed by atoms with E-state index in [0.717, 1.165) is 32.1 Å². The fraction of sp³-hybridized carbons (Fsp3) is 0.829. The molecule has 2 saturated heterocycles. The Balaban J connectivity index is 1.39. The first-order chi connectivity index (χ1) is 27.7. The molecule has 2 aromatic heterocycles. The standard InChI is InChI=1S/C41H65ClN5O11P/c1-12-52-59(50,53-13-2)41(20-21-48,24-51-11)58-40(10)19-18-27(25(3)4)28(22-40)30-31-32(56-39(8,9)55-31)35(54-30)47-34-29(23-43-47)33(44-36(42)45-34)46(26-16-14-15-17-26)37(49)57-38(5,6)7/h21,23,25-28,30-32,35H,12-20,22,24H2,1-11H3/t27?,28?,30-,31-,32-,35-,40?,41?/m1/s1. The SMILES string of the molecule is CCOP(=O)(OCC)C(CC=O)(COC)OC1(C)CCC(C(C)C)C([C@H]2O[C@@H](n3ncc4c(N(C(=O)OC(C)(C)C)C5CCCC5)nc(Cl)nc43)[C@@H]3OC(C)(C)O[C@@H]32)C1. The molecule has 4 unspecified atom stereocenters. The third-order valence-electron chi connectivity index (χ3n) is 12.0. The Bertz CT molecular complexity index is 1840. The molecule has 2 aliphatic carbocycles. The minimum atomic E-state index is -4.04. The summed E-state index contributed by atoms with van der Waals surface area (Å²) in [6.45, 7) is 19.1. The number of carbonyl (C=O) groups is 2. The highest BCUT2D eigenvalue weighted by atomic mass is 35.5. The van der Waals surface area contributed by atoms with Crippen LogP contribution in [0.2, 0.25) is 5.28 Å². The quantitative estimate of drug-likeness (QED) is 0.0892. The molecule has 16 nitrogen and oxygen atoms in total. The van der Waals surface area contributed by atoms with Gasteiger partial charge in [-0.3, -0.25) is 9.46 Å². The lowest BCUT2D eigenvalue weighted by Gasteiger charge is -2.50. The summed E-state index contributed by atoms with van der Waals surface area (Å²) >= 11 is 6.69. The Kier molecular flexibility index (Phi) is 14.0. The van der Waals surface area contributed by atoms with Gasteiger partial charge in [0.1, 0.15) is 24.1 Å². The van der Waals surface area contributed by atoms with E-state index < -0.39 is 60.6 Å². The molecule has 59 heavy (non-hydrogen) atoms. The van der Waals surface area contributed by atoms with Crippen LogP contribution in [0.15, 0.2) is 6.20 Å². The molecule has 4 fully saturated rings. The molecule has 4 heterocycles. The lowest BCUT2D eigenvalue weighted by molar-refractivity contribution is -0.219. The Labute approximate surface area is 353 Å². The molecule has 0 bridgehead atoms. The van der Waals surface area contributed by atoms with Gasteiger partial charge in [-0.1, -0.05) is 26.7 Å². The normalized spacial score (nSPS) is 29.8. The first kappa shape index (κ1) is 46.2. The molecule has 0 radical (unpaired) electrons. The number of hydrogen-bond acceptors (Lipinski definition) is 14. The number of amides is 1. The smallest absolute Gasteiger partial charge is 0.416 e. The van der Waals surface area contributed by atoms with Gasteiger partial charge in [-0.15, -0.1) is 0 Å². The van der Waals surface area contributed by atoms with E-state index in [2.05, 4.69) is 23.8 Å². The molecular weight excluding hydrogens is 805 g/mol. The second-order valence-corrected chi connectivity index (χ2v) is 21.1. The summed E-state index contributed by atoms with van der Waals surface area (Å²) in [5, 5.41) is 3.61. The van der Waals surface area contributed by atoms with Crippen LogP contribution in [0.3, 0.4) is 0 Å². The van der Waals surface area contributed by atoms with Crippen LogP contribution in [0, 0.1) is 17.8 Å². The number of rotatable bonds is 16. The Morgan fingerprint density at radius 3 is 2.32 bits per heavy atom. The lowest BCUT2D eigenvalue weighted by Crippen LogP contribution is -2.53. The number of halogens is 1. The molecule has 18 heteroatoms. The molecule has 332 valence electrons. The largest absolute Gasteiger partial charge is 0.443 e. The van der Waals surface area contributed by atoms with Crippen LogP contribution in [0.4, 0.5) is 10.6 Å². The number of hydrogen-bond donors (Lipinski definition) is 0. The van der Waals surface area contributed by atoms with Crippen molar-refractivity contribution in [3.8, 4) is 0 Å². The van der Waals surface area contributed by atoms with Crippen LogP contribution >= 0.6 is 19.2 Å². The molecule has 0 spiro atoms. The van der Waals surface area contributed by atoms with E-state index in [4.69, 9.17) is 54.2 Å². The molecule has 8 atom stereocenters. The second kappa shape index (κ2) is 17.8. The predicted molar refractivity (Wildman–Crippen MR) is 220 cm³/mol. The third-order valence-corrected chi connectivity index (χ3v) is 14.8. The number of aldehydes is 1. The zero-order chi connectivity index (χ0) is 43.1. The first-order valence-corrected chi connectivity index (χ1v) is 23.1. The van der Waals surface area contributed by atoms with E-state index in [0.29, 0.717) is 36.0 Å². The van der Waals surface area contributed by atoms with Gasteiger partial charge >= 0.3 is 13.7 Å². The summed E-state index contributed by atoms with van der Waals surface area (Å²) in [5.41, 5.74) is -1.27. The Morgan fingerprint density at radius 2 is 1.73 bits per heavy atom. The Hall–Kier alpha value is -2.27. The number of fused-ring (bicyclic) bond motifs is 2. The third kappa shape index (κ3) is 9.41. The van der Waals surface area contributed by atoms with Gasteiger partial charge in [-0.2, -0.15) is 15.1 Å². The summed E-state index contributed by atoms with van der Waals surface area (Å²) in [6.07, 6.45) is 4.49. The minimum Gasteiger partial charge on any atom is -0.443 e. The van der Waals surface area contributed by atoms with Gasteiger partial charge in [0, 0.05) is 19.6 Å². The van der Waals surface area contributed by atoms with Gasteiger partial charge < -0.3 is 42.3 Å². The van der Waals surface area contributed by atoms with E-state index >= 15 is 0 Å². The van der Waals surface area contributed by atoms with Gasteiger partial charge in [0.25, 0.3) is 0 Å². The zero-order valence-electron chi connectivity index (χ0n) is 36.6. The monoisotopic (exact) mass is 869 g/mol. The highest BCUT2D eigenvalue weighted by Gasteiger charge is 2.62. The molecule has 0 aromatic carbocycles. The van der Waals surface area contributed by atoms with Crippen molar-refractivity contribution in [2.75, 3.05) is 31.8 Å². The average molecular weight is 870 g/mol. The molecule has 0 N–H and O–H groups in total. The summed E-state index contributed by atoms with van der Waals surface area (Å²) in [4.78, 5) is 37.0. The van der Waals surface area contributed by atoms with Crippen molar-refractivity contribution in [2.24, 2.45) is 17.8 Å². The highest BCUT2D eigenvalue weighted by Crippen LogP contribution is 2.64. The molecule has 2 saturated carbocycles. The molecule has 4 aliphatic rings. The van der Waals surface area contributed by atoms with E-state index in [1.54, 1.807) is 29.6 Å². The number of methoxy groups -OCH3 is 1. The van der Waals surface area contributed by atoms with Crippen molar-refractivity contribution in [1.82, 2.24) is 19.7 Å². The average Bonchev–Trinajstić information content (AvgIpc) is 3.92. The van der Waals surface area contributed by atoms with Crippen molar-refractivity contribution in [1.29, 1.82) is 0 Å². The number of carbonyl (C=O) groups excluding carboxylic acids is 2. The first-order valence-electron chi connectivity index (χ1n) is 21.2. The van der Waals surface area contributed by atoms with Gasteiger partial charge in [-0.25, -0.2) is 9.48 Å². The van der Waals surface area contributed by atoms with E-state index in [-0.39, 0.29) is 55.3 Å². The van der Waals surface area contributed by atoms with Crippen LogP contribution in [-0.4, -0.2) is 106 Å². The summed E-state index contributed by atoms with van der Waals surface area (Å²) in [6, 6.07) is -0.132. The van der Waals surface area contributed by atoms with Gasteiger partial charge in [0.05, 0.1) is 43.1 Å². The van der Waals surface area contributed by atoms with Crippen molar-refractivity contribution in [3.63, 3.8) is 0 Å². The number of aromatic nitrogens is 4. The van der Waals surface area contributed by atoms with Crippen LogP contribution in [0.25, 0.3) is 11.0 Å². The summed E-state index contributed by atoms with van der Waals surface area (Å²) in [5.74, 6) is -0.351. The number of nitrogens with zero attached hydrogens (tertiary/aromatic N) is 5. The summed E-state index contributed by atoms with van der Waals surface area (Å²) < 4.78 is 66.8. The maximum absolute atomic E-state index is 14.6. The maximum Gasteiger partial charge on any atom is 0.416 e. The van der Waals surface area contributed by atoms with Gasteiger partial charge in [-0.05, 0) is 117 Å². The van der Waals surface area contributed by atoms with Crippen molar-refractivity contribution >= 4 is 48.4 Å². The fourth-order valence-corrected chi connectivity index (χ4v) is 12.1. The fourth-order valence-electron chi connectivity index (χ4n) is 9.81. The summed E-state index contributed by atoms with van der Waals surface area (Å²) in [7, 11) is -2.57. The number of ether oxygens (including phenoxy) is 6. The molecule has 2 aliphatic heterocycles. The van der Waals surface area contributed by atoms with Gasteiger partial charge in [0.2, 0.25) is 5.28 Å². The maximum atomic E-state index is 14.6. The van der Waals surface area contributed by atoms with Crippen LogP contribution in [-0.2, 0) is 46.8 Å². The molecule has 1 amide bonds. The van der Waals surface area contributed by atoms with Crippen LogP contribution in [0.5, 0.6) is 0 Å². The Morgan fingerprint density at radius 1 is 1.07 bits per heavy atom. The van der Waals surface area contributed by atoms with E-state index in [9.17, 15) is 14.2 Å². The highest BCUT2D eigenvalue weighted by molar-refractivity contribution is 7.55. The van der Waals surface area contributed by atoms with Crippen molar-refractivity contribution < 1.29 is 51.6 Å². The molecule has 6 rings (SSSR count). The van der Waals surface area contributed by atoms with Crippen LogP contribution < -0.4 is 4.90 Å². The minimum absolute atomic E-state index is 0.0536. The number of anilines is 1. The zero-order valence-corrected chi connectivity index (χ0v) is 38.3. The predicted octanol–water partition coefficient (Wildman–Crippen LogP) is 8.63. The van der Waals surface area contributed by atoms with Crippen LogP contribution in [0.1, 0.15) is 127 Å². The van der Waals surface area contributed by atoms with E-state index in [1.807, 2.05) is 41.5 Å². The lowest BCUT2D eigenvalue weighted by atomic mass is 9.65. The molecular formula is C41H65ClN5O11P. The molecule has 2 aromatic rings. The van der Waals surface area contributed by atoms with Gasteiger partial charge in [0.15, 0.2) is 28.8 Å². The van der Waals surface area contributed by atoms with Crippen molar-refractivity contribution in [3.05, 3.63) is 11.5 Å². The van der Waals surface area contributed by atoms with Crippen molar-refractivity contribution in [2.45, 2.75) is 174 Å². The topological polar surface area (TPSA) is 172 Å². The second-order valence-electron chi connectivity index (χ2n) is 18.4. The van der Waals surface area contributed by atoms with E-state index in [1.165, 1.54) is 7.11 Å².